The number of hydrogen-bond acceptors (Lipinski definition) is 5. The molecule has 0 spiro atoms. The number of fused-ring (bicyclic) bond motifs is 1. The first kappa shape index (κ1) is 15.8. The number of carbonyl (C=O) groups excluding carboxylic acids is 1. The van der Waals surface area contributed by atoms with Crippen molar-refractivity contribution in [3.05, 3.63) is 63.6 Å². The van der Waals surface area contributed by atoms with E-state index in [0.29, 0.717) is 21.7 Å². The summed E-state index contributed by atoms with van der Waals surface area (Å²) >= 11 is 5.90. The number of carbonyl (C=O) groups is 1. The van der Waals surface area contributed by atoms with Crippen LogP contribution in [0.15, 0.2) is 56.8 Å². The summed E-state index contributed by atoms with van der Waals surface area (Å²) in [5.41, 5.74) is 3.81. The minimum Gasteiger partial charge on any atom is -0.508 e. The predicted molar refractivity (Wildman–Crippen MR) is 89.3 cm³/mol. The number of hydrogen-bond donors (Lipinski definition) is 2. The van der Waals surface area contributed by atoms with E-state index in [1.54, 1.807) is 30.3 Å². The van der Waals surface area contributed by atoms with Crippen LogP contribution in [0.5, 0.6) is 5.75 Å². The van der Waals surface area contributed by atoms with Crippen LogP contribution in [0.1, 0.15) is 5.56 Å². The molecule has 0 aliphatic carbocycles. The molecule has 3 rings (SSSR count). The molecule has 0 aliphatic heterocycles. The Balaban J connectivity index is 1.71. The van der Waals surface area contributed by atoms with E-state index in [2.05, 4.69) is 10.5 Å². The number of aromatic nitrogens is 1. The van der Waals surface area contributed by atoms with Crippen LogP contribution in [-0.2, 0) is 11.3 Å². The molecular weight excluding hydrogens is 334 g/mol. The standard InChI is InChI=1S/C16H12ClN3O4/c17-11-3-6-14-13(7-11)20(16(23)24-14)9-15(22)19-18-8-10-1-4-12(21)5-2-10/h1-8,21H,9H2,(H,19,22)/b18-8+. The number of phenols is 1. The topological polar surface area (TPSA) is 96.8 Å². The van der Waals surface area contributed by atoms with Crippen LogP contribution < -0.4 is 11.2 Å². The number of aromatic hydroxyl groups is 1. The molecule has 0 saturated carbocycles. The number of oxazole rings is 1. The lowest BCUT2D eigenvalue weighted by Crippen LogP contribution is -2.27. The zero-order chi connectivity index (χ0) is 17.1. The fraction of sp³-hybridized carbons (Fsp3) is 0.0625. The molecule has 0 unspecified atom stereocenters. The fourth-order valence-electron chi connectivity index (χ4n) is 2.10. The molecule has 1 amide bonds. The van der Waals surface area contributed by atoms with Crippen LogP contribution in [0.4, 0.5) is 0 Å². The molecule has 3 aromatic rings. The largest absolute Gasteiger partial charge is 0.508 e. The van der Waals surface area contributed by atoms with Gasteiger partial charge in [0.2, 0.25) is 0 Å². The molecule has 0 saturated heterocycles. The zero-order valence-electron chi connectivity index (χ0n) is 12.3. The molecule has 0 atom stereocenters. The second kappa shape index (κ2) is 6.59. The van der Waals surface area contributed by atoms with Crippen LogP contribution in [0.25, 0.3) is 11.1 Å². The molecule has 0 aliphatic rings. The number of benzene rings is 2. The van der Waals surface area contributed by atoms with Crippen LogP contribution >= 0.6 is 11.6 Å². The summed E-state index contributed by atoms with van der Waals surface area (Å²) in [5.74, 6) is -0.999. The average molecular weight is 346 g/mol. The molecule has 122 valence electrons. The van der Waals surface area contributed by atoms with Crippen molar-refractivity contribution in [2.75, 3.05) is 0 Å². The van der Waals surface area contributed by atoms with E-state index >= 15 is 0 Å². The monoisotopic (exact) mass is 345 g/mol. The Morgan fingerprint density at radius 1 is 1.29 bits per heavy atom. The summed E-state index contributed by atoms with van der Waals surface area (Å²) in [6.07, 6.45) is 1.42. The summed E-state index contributed by atoms with van der Waals surface area (Å²) in [4.78, 5) is 23.8. The van der Waals surface area contributed by atoms with E-state index in [4.69, 9.17) is 16.0 Å². The maximum atomic E-state index is 11.9. The Kier molecular flexibility index (Phi) is 4.35. The number of nitrogens with one attached hydrogen (secondary N) is 1. The van der Waals surface area contributed by atoms with Crippen molar-refractivity contribution in [1.82, 2.24) is 9.99 Å². The maximum absolute atomic E-state index is 11.9. The van der Waals surface area contributed by atoms with E-state index in [9.17, 15) is 14.7 Å². The van der Waals surface area contributed by atoms with Crippen LogP contribution in [0.3, 0.4) is 0 Å². The highest BCUT2D eigenvalue weighted by molar-refractivity contribution is 6.31. The highest BCUT2D eigenvalue weighted by Gasteiger charge is 2.12. The van der Waals surface area contributed by atoms with E-state index in [-0.39, 0.29) is 12.3 Å². The summed E-state index contributed by atoms with van der Waals surface area (Å²) in [6, 6.07) is 11.0. The Morgan fingerprint density at radius 2 is 2.04 bits per heavy atom. The summed E-state index contributed by atoms with van der Waals surface area (Å²) in [5, 5.41) is 13.4. The van der Waals surface area contributed by atoms with Gasteiger partial charge in [0.05, 0.1) is 11.7 Å². The van der Waals surface area contributed by atoms with Gasteiger partial charge in [-0.1, -0.05) is 11.6 Å². The molecule has 24 heavy (non-hydrogen) atoms. The van der Waals surface area contributed by atoms with Gasteiger partial charge in [-0.05, 0) is 48.0 Å². The summed E-state index contributed by atoms with van der Waals surface area (Å²) in [6.45, 7) is -0.251. The van der Waals surface area contributed by atoms with E-state index in [1.165, 1.54) is 22.9 Å². The third-order valence-corrected chi connectivity index (χ3v) is 3.46. The molecule has 1 aromatic heterocycles. The molecule has 0 fully saturated rings. The lowest BCUT2D eigenvalue weighted by Gasteiger charge is -2.01. The predicted octanol–water partition coefficient (Wildman–Crippen LogP) is 2.10. The third kappa shape index (κ3) is 3.47. The Morgan fingerprint density at radius 3 is 2.79 bits per heavy atom. The van der Waals surface area contributed by atoms with Gasteiger partial charge in [-0.25, -0.2) is 10.2 Å². The normalized spacial score (nSPS) is 11.2. The van der Waals surface area contributed by atoms with Crippen molar-refractivity contribution in [2.45, 2.75) is 6.54 Å². The third-order valence-electron chi connectivity index (χ3n) is 3.23. The number of nitrogens with zero attached hydrogens (tertiary/aromatic N) is 2. The molecule has 0 bridgehead atoms. The minimum atomic E-state index is -0.648. The van der Waals surface area contributed by atoms with Crippen molar-refractivity contribution in [3.63, 3.8) is 0 Å². The van der Waals surface area contributed by atoms with Gasteiger partial charge >= 0.3 is 5.76 Å². The van der Waals surface area contributed by atoms with E-state index < -0.39 is 11.7 Å². The van der Waals surface area contributed by atoms with Crippen molar-refractivity contribution in [3.8, 4) is 5.75 Å². The Bertz CT molecular complexity index is 973. The molecule has 2 aromatic carbocycles. The number of halogens is 1. The Hall–Kier alpha value is -3.06. The van der Waals surface area contributed by atoms with Crippen LogP contribution in [0, 0.1) is 0 Å². The second-order valence-electron chi connectivity index (χ2n) is 4.95. The first-order valence-corrected chi connectivity index (χ1v) is 7.30. The number of hydrazone groups is 1. The van der Waals surface area contributed by atoms with E-state index in [0.717, 1.165) is 0 Å². The fourth-order valence-corrected chi connectivity index (χ4v) is 2.27. The van der Waals surface area contributed by atoms with Crippen LogP contribution in [0.2, 0.25) is 5.02 Å². The lowest BCUT2D eigenvalue weighted by molar-refractivity contribution is -0.121. The average Bonchev–Trinajstić information content (AvgIpc) is 2.85. The van der Waals surface area contributed by atoms with Gasteiger partial charge in [0.1, 0.15) is 12.3 Å². The van der Waals surface area contributed by atoms with Gasteiger partial charge in [-0.3, -0.25) is 9.36 Å². The molecular formula is C16H12ClN3O4. The van der Waals surface area contributed by atoms with Gasteiger partial charge in [-0.15, -0.1) is 0 Å². The zero-order valence-corrected chi connectivity index (χ0v) is 13.0. The molecule has 2 N–H and O–H groups in total. The van der Waals surface area contributed by atoms with Gasteiger partial charge in [0, 0.05) is 5.02 Å². The summed E-state index contributed by atoms with van der Waals surface area (Å²) in [7, 11) is 0. The molecule has 7 nitrogen and oxygen atoms in total. The Labute approximate surface area is 140 Å². The summed E-state index contributed by atoms with van der Waals surface area (Å²) < 4.78 is 6.22. The van der Waals surface area contributed by atoms with Gasteiger partial charge in [0.25, 0.3) is 5.91 Å². The van der Waals surface area contributed by atoms with E-state index in [1.807, 2.05) is 0 Å². The van der Waals surface area contributed by atoms with Crippen molar-refractivity contribution in [1.29, 1.82) is 0 Å². The highest BCUT2D eigenvalue weighted by atomic mass is 35.5. The molecule has 1 heterocycles. The van der Waals surface area contributed by atoms with Crippen molar-refractivity contribution >= 4 is 34.8 Å². The number of rotatable bonds is 4. The van der Waals surface area contributed by atoms with Gasteiger partial charge in [0.15, 0.2) is 5.58 Å². The number of phenolic OH excluding ortho intramolecular Hbond substituents is 1. The SMILES string of the molecule is O=C(Cn1c(=O)oc2ccc(Cl)cc21)N/N=C/c1ccc(O)cc1. The second-order valence-corrected chi connectivity index (χ2v) is 5.39. The number of amides is 1. The van der Waals surface area contributed by atoms with Crippen LogP contribution in [-0.4, -0.2) is 21.8 Å². The lowest BCUT2D eigenvalue weighted by atomic mass is 10.2. The van der Waals surface area contributed by atoms with Crippen molar-refractivity contribution in [2.24, 2.45) is 5.10 Å². The first-order chi connectivity index (χ1) is 11.5. The minimum absolute atomic E-state index is 0.140. The highest BCUT2D eigenvalue weighted by Crippen LogP contribution is 2.18. The molecule has 8 heteroatoms. The van der Waals surface area contributed by atoms with Crippen molar-refractivity contribution < 1.29 is 14.3 Å². The maximum Gasteiger partial charge on any atom is 0.420 e. The van der Waals surface area contributed by atoms with Gasteiger partial charge in [-0.2, -0.15) is 5.10 Å². The molecule has 0 radical (unpaired) electrons. The first-order valence-electron chi connectivity index (χ1n) is 6.93. The van der Waals surface area contributed by atoms with Gasteiger partial charge < -0.3 is 9.52 Å². The smallest absolute Gasteiger partial charge is 0.420 e. The quantitative estimate of drug-likeness (QED) is 0.559.